The third-order valence-corrected chi connectivity index (χ3v) is 5.24. The molecule has 0 bridgehead atoms. The Morgan fingerprint density at radius 1 is 0.794 bits per heavy atom. The Morgan fingerprint density at radius 2 is 1.21 bits per heavy atom. The van der Waals surface area contributed by atoms with E-state index in [0.29, 0.717) is 0 Å². The lowest BCUT2D eigenvalue weighted by Gasteiger charge is -2.11. The Bertz CT molecular complexity index is 1080. The summed E-state index contributed by atoms with van der Waals surface area (Å²) in [5, 5.41) is 19.3. The molecule has 8 nitrogen and oxygen atoms in total. The number of rotatable bonds is 7. The SMILES string of the molecule is Cc1ccc(S(=O)(=O)[O-])cc1.NC(CC(=O)[O-])C(=O)[O-].c1ccc(CCc2ccccc2)cc1. The van der Waals surface area contributed by atoms with E-state index in [2.05, 4.69) is 60.7 Å². The number of hydrogen-bond donors (Lipinski definition) is 1. The van der Waals surface area contributed by atoms with Crippen molar-refractivity contribution in [2.75, 3.05) is 0 Å². The second-order valence-corrected chi connectivity index (χ2v) is 8.62. The first-order chi connectivity index (χ1) is 16.0. The highest BCUT2D eigenvalue weighted by Crippen LogP contribution is 2.08. The minimum atomic E-state index is -4.27. The second kappa shape index (κ2) is 14.6. The van der Waals surface area contributed by atoms with Crippen LogP contribution < -0.4 is 15.9 Å². The topological polar surface area (TPSA) is 163 Å². The standard InChI is InChI=1S/C14H14.C7H8O3S.C4H7NO4/c1-3-7-13(8-4-1)11-12-14-9-5-2-6-10-14;1-6-2-4-7(5-3-6)11(8,9)10;5-2(4(8)9)1-3(6)7/h1-10H,11-12H2;2-5H,1H3,(H,8,9,10);2H,1,5H2,(H,6,7)(H,8,9)/p-3. The molecule has 0 heterocycles. The Morgan fingerprint density at radius 3 is 1.50 bits per heavy atom. The van der Waals surface area contributed by atoms with Gasteiger partial charge in [0.1, 0.15) is 10.1 Å². The van der Waals surface area contributed by atoms with Crippen LogP contribution in [0.15, 0.2) is 89.8 Å². The predicted octanol–water partition coefficient (Wildman–Crippen LogP) is 0.575. The summed E-state index contributed by atoms with van der Waals surface area (Å²) in [5.41, 5.74) is 8.49. The van der Waals surface area contributed by atoms with Crippen molar-refractivity contribution in [3.05, 3.63) is 102 Å². The first-order valence-corrected chi connectivity index (χ1v) is 11.7. The number of hydrogen-bond acceptors (Lipinski definition) is 8. The highest BCUT2D eigenvalue weighted by Gasteiger charge is 2.01. The monoisotopic (exact) mass is 484 g/mol. The highest BCUT2D eigenvalue weighted by molar-refractivity contribution is 7.85. The van der Waals surface area contributed by atoms with Crippen LogP contribution in [0, 0.1) is 6.92 Å². The molecule has 0 spiro atoms. The molecule has 1 atom stereocenters. The smallest absolute Gasteiger partial charge is 0.124 e. The van der Waals surface area contributed by atoms with Crippen LogP contribution in [0.5, 0.6) is 0 Å². The van der Waals surface area contributed by atoms with Gasteiger partial charge in [-0.1, -0.05) is 78.4 Å². The fraction of sp³-hybridized carbons (Fsp3) is 0.200. The Balaban J connectivity index is 0.000000263. The minimum Gasteiger partial charge on any atom is -0.744 e. The molecule has 0 radical (unpaired) electrons. The minimum absolute atomic E-state index is 0.178. The molecule has 3 rings (SSSR count). The van der Waals surface area contributed by atoms with E-state index in [0.717, 1.165) is 18.4 Å². The summed E-state index contributed by atoms with van der Waals surface area (Å²) in [6.45, 7) is 1.82. The van der Waals surface area contributed by atoms with Crippen LogP contribution in [0.2, 0.25) is 0 Å². The predicted molar refractivity (Wildman–Crippen MR) is 122 cm³/mol. The van der Waals surface area contributed by atoms with Crippen LogP contribution in [-0.4, -0.2) is 31.0 Å². The van der Waals surface area contributed by atoms with Crippen LogP contribution in [0.4, 0.5) is 0 Å². The number of benzene rings is 3. The molecule has 3 aromatic rings. The fourth-order valence-electron chi connectivity index (χ4n) is 2.55. The van der Waals surface area contributed by atoms with Crippen molar-refractivity contribution in [1.29, 1.82) is 0 Å². The Labute approximate surface area is 199 Å². The molecule has 182 valence electrons. The highest BCUT2D eigenvalue weighted by atomic mass is 32.2. The van der Waals surface area contributed by atoms with Gasteiger partial charge < -0.3 is 30.1 Å². The van der Waals surface area contributed by atoms with Crippen molar-refractivity contribution in [1.82, 2.24) is 0 Å². The zero-order valence-electron chi connectivity index (χ0n) is 18.6. The summed E-state index contributed by atoms with van der Waals surface area (Å²) < 4.78 is 31.2. The lowest BCUT2D eigenvalue weighted by atomic mass is 10.0. The van der Waals surface area contributed by atoms with E-state index < -0.39 is 34.5 Å². The van der Waals surface area contributed by atoms with Gasteiger partial charge in [0.15, 0.2) is 0 Å². The van der Waals surface area contributed by atoms with Gasteiger partial charge in [-0.25, -0.2) is 8.42 Å². The maximum Gasteiger partial charge on any atom is 0.124 e. The molecular formula is C25H26NO7S-3. The second-order valence-electron chi connectivity index (χ2n) is 7.24. The zero-order valence-corrected chi connectivity index (χ0v) is 19.4. The van der Waals surface area contributed by atoms with Crippen LogP contribution in [-0.2, 0) is 32.5 Å². The molecule has 3 aromatic carbocycles. The number of carboxylic acid groups (broad SMARTS) is 2. The van der Waals surface area contributed by atoms with Crippen molar-refractivity contribution in [2.24, 2.45) is 5.73 Å². The van der Waals surface area contributed by atoms with Crippen molar-refractivity contribution in [2.45, 2.75) is 37.1 Å². The van der Waals surface area contributed by atoms with E-state index in [1.54, 1.807) is 12.1 Å². The summed E-state index contributed by atoms with van der Waals surface area (Å²) in [6, 6.07) is 25.6. The molecule has 0 aromatic heterocycles. The van der Waals surface area contributed by atoms with E-state index in [4.69, 9.17) is 5.73 Å². The molecule has 1 unspecified atom stereocenters. The summed E-state index contributed by atoms with van der Waals surface area (Å²) in [7, 11) is -4.27. The third-order valence-electron chi connectivity index (χ3n) is 4.39. The van der Waals surface area contributed by atoms with Crippen molar-refractivity contribution < 1.29 is 32.8 Å². The molecule has 0 aliphatic heterocycles. The van der Waals surface area contributed by atoms with E-state index in [1.807, 2.05) is 6.92 Å². The molecule has 0 saturated heterocycles. The maximum absolute atomic E-state index is 10.4. The molecule has 0 aliphatic rings. The van der Waals surface area contributed by atoms with E-state index in [9.17, 15) is 32.8 Å². The summed E-state index contributed by atoms with van der Waals surface area (Å²) in [4.78, 5) is 19.2. The molecule has 0 fully saturated rings. The number of carbonyl (C=O) groups excluding carboxylic acids is 2. The summed E-state index contributed by atoms with van der Waals surface area (Å²) >= 11 is 0. The van der Waals surface area contributed by atoms with E-state index in [-0.39, 0.29) is 4.90 Å². The Hall–Kier alpha value is -3.53. The molecule has 34 heavy (non-hydrogen) atoms. The summed E-state index contributed by atoms with van der Waals surface area (Å²) in [5.74, 6) is -3.08. The van der Waals surface area contributed by atoms with Gasteiger partial charge in [0.05, 0.1) is 10.9 Å². The quantitative estimate of drug-likeness (QED) is 0.476. The van der Waals surface area contributed by atoms with Crippen LogP contribution >= 0.6 is 0 Å². The van der Waals surface area contributed by atoms with Crippen LogP contribution in [0.25, 0.3) is 0 Å². The van der Waals surface area contributed by atoms with Gasteiger partial charge in [-0.15, -0.1) is 0 Å². The average Bonchev–Trinajstić information content (AvgIpc) is 2.79. The van der Waals surface area contributed by atoms with Crippen LogP contribution in [0.1, 0.15) is 23.1 Å². The number of carboxylic acids is 2. The van der Waals surface area contributed by atoms with Gasteiger partial charge in [-0.3, -0.25) is 0 Å². The average molecular weight is 485 g/mol. The van der Waals surface area contributed by atoms with Crippen LogP contribution in [0.3, 0.4) is 0 Å². The van der Waals surface area contributed by atoms with Crippen molar-refractivity contribution in [3.8, 4) is 0 Å². The van der Waals surface area contributed by atoms with Gasteiger partial charge in [0.2, 0.25) is 0 Å². The summed E-state index contributed by atoms with van der Waals surface area (Å²) in [6.07, 6.45) is 1.55. The first-order valence-electron chi connectivity index (χ1n) is 10.3. The number of nitrogens with two attached hydrogens (primary N) is 1. The molecule has 0 aliphatic carbocycles. The molecule has 9 heteroatoms. The number of carbonyl (C=O) groups is 2. The van der Waals surface area contributed by atoms with Crippen molar-refractivity contribution in [3.63, 3.8) is 0 Å². The van der Waals surface area contributed by atoms with Gasteiger partial charge in [-0.05, 0) is 43.0 Å². The lowest BCUT2D eigenvalue weighted by molar-refractivity contribution is -0.316. The maximum atomic E-state index is 10.4. The van der Waals surface area contributed by atoms with E-state index in [1.165, 1.54) is 23.3 Å². The van der Waals surface area contributed by atoms with Gasteiger partial charge in [-0.2, -0.15) is 0 Å². The normalized spacial score (nSPS) is 11.1. The van der Waals surface area contributed by atoms with Gasteiger partial charge >= 0.3 is 0 Å². The lowest BCUT2D eigenvalue weighted by Crippen LogP contribution is -2.45. The van der Waals surface area contributed by atoms with Gasteiger partial charge in [0, 0.05) is 18.4 Å². The Kier molecular flexibility index (Phi) is 12.2. The zero-order chi connectivity index (χ0) is 25.6. The largest absolute Gasteiger partial charge is 0.744 e. The van der Waals surface area contributed by atoms with Crippen molar-refractivity contribution >= 4 is 22.1 Å². The first kappa shape index (κ1) is 28.5. The third kappa shape index (κ3) is 12.5. The number of aryl methyl sites for hydroxylation is 3. The fourth-order valence-corrected chi connectivity index (χ4v) is 3.02. The molecule has 2 N–H and O–H groups in total. The number of aliphatic carboxylic acids is 2. The molecular weight excluding hydrogens is 458 g/mol. The molecule has 0 saturated carbocycles. The van der Waals surface area contributed by atoms with E-state index >= 15 is 0 Å². The molecule has 0 amide bonds. The van der Waals surface area contributed by atoms with Gasteiger partial charge in [0.25, 0.3) is 0 Å².